The molecule has 6 heteroatoms. The number of carbonyl (C=O) groups excluding carboxylic acids is 2. The lowest BCUT2D eigenvalue weighted by molar-refractivity contribution is -0.135. The standard InChI is InChI=1S/C19H27FN2O3/c1-4-16(5-2)22-13-14(12-18(22)23)19(24)21(3)10-11-25-17-8-6-15(20)7-9-17/h6-9,14,16H,4-5,10-13H2,1-3H3. The second-order valence-electron chi connectivity index (χ2n) is 6.48. The molecule has 0 bridgehead atoms. The second-order valence-corrected chi connectivity index (χ2v) is 6.48. The Kier molecular flexibility index (Phi) is 6.79. The van der Waals surface area contributed by atoms with Gasteiger partial charge in [0.25, 0.3) is 0 Å². The Labute approximate surface area is 148 Å². The van der Waals surface area contributed by atoms with Crippen molar-refractivity contribution in [3.8, 4) is 5.75 Å². The van der Waals surface area contributed by atoms with Gasteiger partial charge in [-0.1, -0.05) is 13.8 Å². The highest BCUT2D eigenvalue weighted by atomic mass is 19.1. The maximum Gasteiger partial charge on any atom is 0.227 e. The smallest absolute Gasteiger partial charge is 0.227 e. The molecule has 138 valence electrons. The van der Waals surface area contributed by atoms with Crippen LogP contribution < -0.4 is 4.74 Å². The minimum atomic E-state index is -0.312. The van der Waals surface area contributed by atoms with Crippen molar-refractivity contribution in [2.75, 3.05) is 26.7 Å². The van der Waals surface area contributed by atoms with Gasteiger partial charge in [-0.25, -0.2) is 4.39 Å². The lowest BCUT2D eigenvalue weighted by Crippen LogP contribution is -2.39. The first kappa shape index (κ1) is 19.2. The van der Waals surface area contributed by atoms with Crippen molar-refractivity contribution in [2.45, 2.75) is 39.2 Å². The lowest BCUT2D eigenvalue weighted by Gasteiger charge is -2.26. The van der Waals surface area contributed by atoms with E-state index >= 15 is 0 Å². The number of likely N-dealkylation sites (tertiary alicyclic amines) is 1. The number of hydrogen-bond acceptors (Lipinski definition) is 3. The molecule has 2 rings (SSSR count). The Hall–Kier alpha value is -2.11. The molecule has 2 amide bonds. The van der Waals surface area contributed by atoms with E-state index in [0.29, 0.717) is 31.9 Å². The van der Waals surface area contributed by atoms with Crippen molar-refractivity contribution >= 4 is 11.8 Å². The average molecular weight is 350 g/mol. The first-order valence-corrected chi connectivity index (χ1v) is 8.89. The summed E-state index contributed by atoms with van der Waals surface area (Å²) in [6.07, 6.45) is 2.10. The zero-order chi connectivity index (χ0) is 18.4. The van der Waals surface area contributed by atoms with Crippen LogP contribution in [0.15, 0.2) is 24.3 Å². The molecule has 0 saturated carbocycles. The van der Waals surface area contributed by atoms with Gasteiger partial charge in [-0.2, -0.15) is 0 Å². The number of benzene rings is 1. The van der Waals surface area contributed by atoms with Gasteiger partial charge in [-0.05, 0) is 37.1 Å². The summed E-state index contributed by atoms with van der Waals surface area (Å²) in [4.78, 5) is 28.2. The van der Waals surface area contributed by atoms with Crippen LogP contribution in [0.5, 0.6) is 5.75 Å². The molecule has 1 heterocycles. The van der Waals surface area contributed by atoms with E-state index in [2.05, 4.69) is 13.8 Å². The summed E-state index contributed by atoms with van der Waals surface area (Å²) < 4.78 is 18.4. The van der Waals surface area contributed by atoms with Crippen molar-refractivity contribution in [2.24, 2.45) is 5.92 Å². The van der Waals surface area contributed by atoms with Crippen LogP contribution in [0.1, 0.15) is 33.1 Å². The fourth-order valence-corrected chi connectivity index (χ4v) is 3.23. The first-order valence-electron chi connectivity index (χ1n) is 8.89. The van der Waals surface area contributed by atoms with Crippen LogP contribution in [-0.2, 0) is 9.59 Å². The molecule has 5 nitrogen and oxygen atoms in total. The molecule has 1 aromatic rings. The summed E-state index contributed by atoms with van der Waals surface area (Å²) in [5.74, 6) is 0.0298. The number of nitrogens with zero attached hydrogens (tertiary/aromatic N) is 2. The Morgan fingerprint density at radius 3 is 2.56 bits per heavy atom. The topological polar surface area (TPSA) is 49.9 Å². The zero-order valence-electron chi connectivity index (χ0n) is 15.2. The second kappa shape index (κ2) is 8.83. The number of ether oxygens (including phenoxy) is 1. The molecule has 1 aliphatic heterocycles. The molecule has 1 fully saturated rings. The fraction of sp³-hybridized carbons (Fsp3) is 0.579. The molecule has 1 saturated heterocycles. The minimum Gasteiger partial charge on any atom is -0.492 e. The van der Waals surface area contributed by atoms with Gasteiger partial charge in [0.15, 0.2) is 0 Å². The molecule has 0 N–H and O–H groups in total. The quantitative estimate of drug-likeness (QED) is 0.724. The van der Waals surface area contributed by atoms with Gasteiger partial charge < -0.3 is 14.5 Å². The largest absolute Gasteiger partial charge is 0.492 e. The third kappa shape index (κ3) is 4.94. The van der Waals surface area contributed by atoms with E-state index in [1.54, 1.807) is 24.1 Å². The van der Waals surface area contributed by atoms with E-state index < -0.39 is 0 Å². The van der Waals surface area contributed by atoms with Crippen molar-refractivity contribution in [3.63, 3.8) is 0 Å². The van der Waals surface area contributed by atoms with E-state index in [-0.39, 0.29) is 29.6 Å². The van der Waals surface area contributed by atoms with Crippen LogP contribution in [-0.4, -0.2) is 54.4 Å². The molecule has 0 aromatic heterocycles. The van der Waals surface area contributed by atoms with Crippen LogP contribution >= 0.6 is 0 Å². The van der Waals surface area contributed by atoms with Crippen molar-refractivity contribution in [1.29, 1.82) is 0 Å². The van der Waals surface area contributed by atoms with Gasteiger partial charge in [0.2, 0.25) is 11.8 Å². The highest BCUT2D eigenvalue weighted by Crippen LogP contribution is 2.24. The Morgan fingerprint density at radius 1 is 1.32 bits per heavy atom. The highest BCUT2D eigenvalue weighted by molar-refractivity contribution is 5.89. The summed E-state index contributed by atoms with van der Waals surface area (Å²) in [6, 6.07) is 6.00. The van der Waals surface area contributed by atoms with Crippen LogP contribution in [0, 0.1) is 11.7 Å². The van der Waals surface area contributed by atoms with Gasteiger partial charge in [-0.15, -0.1) is 0 Å². The van der Waals surface area contributed by atoms with Gasteiger partial charge in [0.1, 0.15) is 18.2 Å². The van der Waals surface area contributed by atoms with Crippen LogP contribution in [0.3, 0.4) is 0 Å². The molecular formula is C19H27FN2O3. The van der Waals surface area contributed by atoms with Crippen LogP contribution in [0.4, 0.5) is 4.39 Å². The number of halogens is 1. The van der Waals surface area contributed by atoms with E-state index in [0.717, 1.165) is 12.8 Å². The maximum absolute atomic E-state index is 12.8. The molecule has 1 unspecified atom stereocenters. The molecule has 0 radical (unpaired) electrons. The van der Waals surface area contributed by atoms with E-state index in [1.165, 1.54) is 12.1 Å². The van der Waals surface area contributed by atoms with Crippen molar-refractivity contribution in [1.82, 2.24) is 9.80 Å². The molecule has 1 atom stereocenters. The normalized spacial score (nSPS) is 17.2. The minimum absolute atomic E-state index is 0.0236. The SMILES string of the molecule is CCC(CC)N1CC(C(=O)N(C)CCOc2ccc(F)cc2)CC1=O. The number of likely N-dealkylation sites (N-methyl/N-ethyl adjacent to an activating group) is 1. The zero-order valence-corrected chi connectivity index (χ0v) is 15.2. The van der Waals surface area contributed by atoms with Gasteiger partial charge in [0.05, 0.1) is 12.5 Å². The van der Waals surface area contributed by atoms with Crippen molar-refractivity contribution < 1.29 is 18.7 Å². The number of rotatable bonds is 8. The summed E-state index contributed by atoms with van der Waals surface area (Å²) in [5.41, 5.74) is 0. The third-order valence-electron chi connectivity index (χ3n) is 4.78. The van der Waals surface area contributed by atoms with Gasteiger partial charge >= 0.3 is 0 Å². The van der Waals surface area contributed by atoms with Crippen LogP contribution in [0.2, 0.25) is 0 Å². The summed E-state index contributed by atoms with van der Waals surface area (Å²) in [7, 11) is 1.72. The van der Waals surface area contributed by atoms with E-state index in [4.69, 9.17) is 4.74 Å². The monoisotopic (exact) mass is 350 g/mol. The van der Waals surface area contributed by atoms with E-state index in [1.807, 2.05) is 4.90 Å². The number of amides is 2. The summed E-state index contributed by atoms with van der Waals surface area (Å²) in [6.45, 7) is 5.38. The van der Waals surface area contributed by atoms with Crippen LogP contribution in [0.25, 0.3) is 0 Å². The van der Waals surface area contributed by atoms with Gasteiger partial charge in [-0.3, -0.25) is 9.59 Å². The molecular weight excluding hydrogens is 323 g/mol. The maximum atomic E-state index is 12.8. The fourth-order valence-electron chi connectivity index (χ4n) is 3.23. The molecule has 25 heavy (non-hydrogen) atoms. The highest BCUT2D eigenvalue weighted by Gasteiger charge is 2.37. The lowest BCUT2D eigenvalue weighted by atomic mass is 10.1. The number of carbonyl (C=O) groups is 2. The first-order chi connectivity index (χ1) is 12.0. The van der Waals surface area contributed by atoms with Crippen molar-refractivity contribution in [3.05, 3.63) is 30.1 Å². The molecule has 1 aliphatic rings. The summed E-state index contributed by atoms with van der Waals surface area (Å²) in [5, 5.41) is 0. The Bertz CT molecular complexity index is 587. The molecule has 0 spiro atoms. The average Bonchev–Trinajstić information content (AvgIpc) is 2.99. The third-order valence-corrected chi connectivity index (χ3v) is 4.78. The van der Waals surface area contributed by atoms with E-state index in [9.17, 15) is 14.0 Å². The molecule has 0 aliphatic carbocycles. The molecule has 1 aromatic carbocycles. The Balaban J connectivity index is 1.81. The number of hydrogen-bond donors (Lipinski definition) is 0. The Morgan fingerprint density at radius 2 is 1.96 bits per heavy atom. The predicted octanol–water partition coefficient (Wildman–Crippen LogP) is 2.70. The summed E-state index contributed by atoms with van der Waals surface area (Å²) >= 11 is 0. The van der Waals surface area contributed by atoms with Gasteiger partial charge in [0, 0.05) is 26.1 Å². The predicted molar refractivity (Wildman–Crippen MR) is 93.7 cm³/mol.